The quantitative estimate of drug-likeness (QED) is 0.599. The predicted octanol–water partition coefficient (Wildman–Crippen LogP) is 1.63. The van der Waals surface area contributed by atoms with Crippen LogP contribution >= 0.6 is 0 Å². The van der Waals surface area contributed by atoms with Crippen molar-refractivity contribution in [1.29, 1.82) is 0 Å². The Hall–Kier alpha value is -0.900. The Balaban J connectivity index is 1.96. The van der Waals surface area contributed by atoms with Gasteiger partial charge in [-0.1, -0.05) is 30.3 Å². The topological polar surface area (TPSA) is 47.3 Å². The summed E-state index contributed by atoms with van der Waals surface area (Å²) in [6.07, 6.45) is 3.78. The van der Waals surface area contributed by atoms with E-state index in [-0.39, 0.29) is 12.1 Å². The van der Waals surface area contributed by atoms with Crippen LogP contribution < -0.4 is 11.3 Å². The van der Waals surface area contributed by atoms with Crippen LogP contribution in [0.3, 0.4) is 0 Å². The molecule has 0 amide bonds. The first-order valence-corrected chi connectivity index (χ1v) is 5.95. The second kappa shape index (κ2) is 5.43. The Morgan fingerprint density at radius 3 is 2.69 bits per heavy atom. The SMILES string of the molecule is CC1CCC(C(Cc2ccccc2)NN)O1. The van der Waals surface area contributed by atoms with E-state index < -0.39 is 0 Å². The van der Waals surface area contributed by atoms with E-state index >= 15 is 0 Å². The van der Waals surface area contributed by atoms with Gasteiger partial charge < -0.3 is 4.74 Å². The Labute approximate surface area is 97.0 Å². The number of nitrogens with two attached hydrogens (primary N) is 1. The van der Waals surface area contributed by atoms with Crippen LogP contribution in [0.15, 0.2) is 30.3 Å². The van der Waals surface area contributed by atoms with Gasteiger partial charge in [0.25, 0.3) is 0 Å². The van der Waals surface area contributed by atoms with Crippen molar-refractivity contribution in [2.45, 2.75) is 44.4 Å². The molecule has 3 heteroatoms. The first-order valence-electron chi connectivity index (χ1n) is 5.95. The van der Waals surface area contributed by atoms with Crippen molar-refractivity contribution in [3.8, 4) is 0 Å². The van der Waals surface area contributed by atoms with Crippen LogP contribution in [0.25, 0.3) is 0 Å². The highest BCUT2D eigenvalue weighted by Gasteiger charge is 2.28. The van der Waals surface area contributed by atoms with E-state index in [1.807, 2.05) is 6.07 Å². The molecule has 1 aromatic rings. The Bertz CT molecular complexity index is 315. The molecule has 3 nitrogen and oxygen atoms in total. The molecular weight excluding hydrogens is 200 g/mol. The van der Waals surface area contributed by atoms with Crippen LogP contribution in [0.4, 0.5) is 0 Å². The van der Waals surface area contributed by atoms with Crippen molar-refractivity contribution in [3.05, 3.63) is 35.9 Å². The van der Waals surface area contributed by atoms with E-state index in [4.69, 9.17) is 10.6 Å². The summed E-state index contributed by atoms with van der Waals surface area (Å²) in [5.74, 6) is 5.62. The molecule has 16 heavy (non-hydrogen) atoms. The van der Waals surface area contributed by atoms with Gasteiger partial charge in [-0.05, 0) is 31.7 Å². The van der Waals surface area contributed by atoms with Crippen molar-refractivity contribution < 1.29 is 4.74 Å². The number of ether oxygens (including phenoxy) is 1. The summed E-state index contributed by atoms with van der Waals surface area (Å²) < 4.78 is 5.84. The maximum atomic E-state index is 5.84. The molecule has 0 spiro atoms. The number of nitrogens with one attached hydrogen (secondary N) is 1. The highest BCUT2D eigenvalue weighted by atomic mass is 16.5. The van der Waals surface area contributed by atoms with E-state index in [2.05, 4.69) is 36.6 Å². The lowest BCUT2D eigenvalue weighted by molar-refractivity contribution is 0.0320. The highest BCUT2D eigenvalue weighted by Crippen LogP contribution is 2.23. The van der Waals surface area contributed by atoms with Crippen molar-refractivity contribution in [1.82, 2.24) is 5.43 Å². The van der Waals surface area contributed by atoms with E-state index in [0.29, 0.717) is 6.10 Å². The molecule has 1 heterocycles. The van der Waals surface area contributed by atoms with Gasteiger partial charge >= 0.3 is 0 Å². The molecule has 1 fully saturated rings. The minimum atomic E-state index is 0.215. The van der Waals surface area contributed by atoms with Crippen molar-refractivity contribution in [2.75, 3.05) is 0 Å². The Morgan fingerprint density at radius 2 is 2.12 bits per heavy atom. The molecule has 0 bridgehead atoms. The van der Waals surface area contributed by atoms with Gasteiger partial charge in [0, 0.05) is 0 Å². The summed E-state index contributed by atoms with van der Waals surface area (Å²) in [7, 11) is 0. The number of benzene rings is 1. The predicted molar refractivity (Wildman–Crippen MR) is 64.8 cm³/mol. The molecule has 1 aliphatic rings. The summed E-state index contributed by atoms with van der Waals surface area (Å²) in [4.78, 5) is 0. The fraction of sp³-hybridized carbons (Fsp3) is 0.538. The minimum Gasteiger partial charge on any atom is -0.374 e. The fourth-order valence-electron chi connectivity index (χ4n) is 2.30. The molecule has 0 radical (unpaired) electrons. The van der Waals surface area contributed by atoms with Crippen LogP contribution in [-0.4, -0.2) is 18.2 Å². The normalized spacial score (nSPS) is 26.9. The summed E-state index contributed by atoms with van der Waals surface area (Å²) >= 11 is 0. The van der Waals surface area contributed by atoms with Gasteiger partial charge in [0.05, 0.1) is 18.2 Å². The lowest BCUT2D eigenvalue weighted by Crippen LogP contribution is -2.45. The molecule has 0 aliphatic carbocycles. The molecule has 3 N–H and O–H groups in total. The van der Waals surface area contributed by atoms with Gasteiger partial charge in [-0.15, -0.1) is 0 Å². The van der Waals surface area contributed by atoms with Gasteiger partial charge in [-0.3, -0.25) is 11.3 Å². The van der Waals surface area contributed by atoms with E-state index in [9.17, 15) is 0 Å². The number of hydrogen-bond donors (Lipinski definition) is 2. The summed E-state index contributed by atoms with van der Waals surface area (Å²) in [5.41, 5.74) is 4.19. The Morgan fingerprint density at radius 1 is 1.38 bits per heavy atom. The molecule has 88 valence electrons. The smallest absolute Gasteiger partial charge is 0.0749 e. The molecule has 3 unspecified atom stereocenters. The third-order valence-electron chi connectivity index (χ3n) is 3.23. The number of hydrogen-bond acceptors (Lipinski definition) is 3. The largest absolute Gasteiger partial charge is 0.374 e. The van der Waals surface area contributed by atoms with Crippen molar-refractivity contribution in [3.63, 3.8) is 0 Å². The highest BCUT2D eigenvalue weighted by molar-refractivity contribution is 5.16. The lowest BCUT2D eigenvalue weighted by atomic mass is 10.00. The molecule has 2 rings (SSSR count). The van der Waals surface area contributed by atoms with Crippen LogP contribution in [-0.2, 0) is 11.2 Å². The second-order valence-corrected chi connectivity index (χ2v) is 4.53. The molecule has 0 saturated carbocycles. The van der Waals surface area contributed by atoms with Gasteiger partial charge in [0.2, 0.25) is 0 Å². The summed E-state index contributed by atoms with van der Waals surface area (Å²) in [6.45, 7) is 2.12. The molecule has 1 saturated heterocycles. The third kappa shape index (κ3) is 2.82. The van der Waals surface area contributed by atoms with Gasteiger partial charge in [-0.2, -0.15) is 0 Å². The molecule has 0 aromatic heterocycles. The van der Waals surface area contributed by atoms with Crippen LogP contribution in [0.1, 0.15) is 25.3 Å². The standard InChI is InChI=1S/C13H20N2O/c1-10-7-8-13(16-10)12(15-14)9-11-5-3-2-4-6-11/h2-6,10,12-13,15H,7-9,14H2,1H3. The zero-order valence-corrected chi connectivity index (χ0v) is 9.73. The maximum Gasteiger partial charge on any atom is 0.0749 e. The lowest BCUT2D eigenvalue weighted by Gasteiger charge is -2.22. The molecule has 3 atom stereocenters. The molecule has 1 aliphatic heterocycles. The van der Waals surface area contributed by atoms with E-state index in [1.165, 1.54) is 5.56 Å². The number of hydrazine groups is 1. The van der Waals surface area contributed by atoms with E-state index in [1.54, 1.807) is 0 Å². The number of rotatable bonds is 4. The van der Waals surface area contributed by atoms with Gasteiger partial charge in [0.15, 0.2) is 0 Å². The Kier molecular flexibility index (Phi) is 3.93. The summed E-state index contributed by atoms with van der Waals surface area (Å²) in [5, 5.41) is 0. The maximum absolute atomic E-state index is 5.84. The van der Waals surface area contributed by atoms with E-state index in [0.717, 1.165) is 19.3 Å². The summed E-state index contributed by atoms with van der Waals surface area (Å²) in [6, 6.07) is 10.6. The minimum absolute atomic E-state index is 0.215. The van der Waals surface area contributed by atoms with Gasteiger partial charge in [-0.25, -0.2) is 0 Å². The van der Waals surface area contributed by atoms with Crippen molar-refractivity contribution in [2.24, 2.45) is 5.84 Å². The van der Waals surface area contributed by atoms with Crippen molar-refractivity contribution >= 4 is 0 Å². The van der Waals surface area contributed by atoms with Gasteiger partial charge in [0.1, 0.15) is 0 Å². The van der Waals surface area contributed by atoms with Crippen LogP contribution in [0.5, 0.6) is 0 Å². The second-order valence-electron chi connectivity index (χ2n) is 4.53. The average molecular weight is 220 g/mol. The first kappa shape index (κ1) is 11.6. The van der Waals surface area contributed by atoms with Crippen LogP contribution in [0.2, 0.25) is 0 Å². The third-order valence-corrected chi connectivity index (χ3v) is 3.23. The fourth-order valence-corrected chi connectivity index (χ4v) is 2.30. The monoisotopic (exact) mass is 220 g/mol. The van der Waals surface area contributed by atoms with Crippen LogP contribution in [0, 0.1) is 0 Å². The molecule has 1 aromatic carbocycles. The zero-order chi connectivity index (χ0) is 11.4. The first-order chi connectivity index (χ1) is 7.79. The average Bonchev–Trinajstić information content (AvgIpc) is 2.74. The zero-order valence-electron chi connectivity index (χ0n) is 9.73. The molecular formula is C13H20N2O.